The highest BCUT2D eigenvalue weighted by Gasteiger charge is 2.16. The lowest BCUT2D eigenvalue weighted by atomic mass is 10.1. The second kappa shape index (κ2) is 5.69. The van der Waals surface area contributed by atoms with Gasteiger partial charge in [0.2, 0.25) is 5.88 Å². The molecule has 2 heterocycles. The fourth-order valence-corrected chi connectivity index (χ4v) is 2.54. The Morgan fingerprint density at radius 3 is 2.76 bits per heavy atom. The number of hydrogen-bond acceptors (Lipinski definition) is 4. The van der Waals surface area contributed by atoms with Crippen molar-refractivity contribution in [1.29, 1.82) is 0 Å². The molecule has 0 aliphatic rings. The summed E-state index contributed by atoms with van der Waals surface area (Å²) in [7, 11) is 1.57. The average molecular weight is 303 g/mol. The van der Waals surface area contributed by atoms with Crippen molar-refractivity contribution >= 4 is 22.8 Å². The van der Waals surface area contributed by atoms with Gasteiger partial charge in [0, 0.05) is 0 Å². The maximum Gasteiger partial charge on any atom is 0.245 e. The second-order valence-electron chi connectivity index (χ2n) is 4.73. The van der Waals surface area contributed by atoms with E-state index in [1.807, 2.05) is 16.7 Å². The number of alkyl halides is 1. The fourth-order valence-electron chi connectivity index (χ4n) is 2.34. The number of aromatic nitrogens is 4. The van der Waals surface area contributed by atoms with Gasteiger partial charge in [-0.25, -0.2) is 9.97 Å². The van der Waals surface area contributed by atoms with Crippen molar-refractivity contribution in [2.45, 2.75) is 19.3 Å². The number of nitrogens with zero attached hydrogens (tertiary/aromatic N) is 4. The summed E-state index contributed by atoms with van der Waals surface area (Å²) in [4.78, 5) is 12.9. The molecule has 0 N–H and O–H groups in total. The summed E-state index contributed by atoms with van der Waals surface area (Å²) >= 11 is 6.03. The molecule has 0 radical (unpaired) electrons. The standard InChI is InChI=1S/C15H15ClN4O/c1-10-5-3-4-6-11(10)8-20-12(7-16)19-13-14(20)17-9-18-15(13)21-2/h3-6,9H,7-8H2,1-2H3. The van der Waals surface area contributed by atoms with Gasteiger partial charge >= 0.3 is 0 Å². The van der Waals surface area contributed by atoms with Gasteiger partial charge in [-0.1, -0.05) is 24.3 Å². The van der Waals surface area contributed by atoms with E-state index in [0.717, 1.165) is 11.5 Å². The van der Waals surface area contributed by atoms with Gasteiger partial charge in [0.05, 0.1) is 19.5 Å². The number of fused-ring (bicyclic) bond motifs is 1. The molecule has 108 valence electrons. The monoisotopic (exact) mass is 302 g/mol. The van der Waals surface area contributed by atoms with Gasteiger partial charge < -0.3 is 9.30 Å². The lowest BCUT2D eigenvalue weighted by Crippen LogP contribution is -2.06. The van der Waals surface area contributed by atoms with Gasteiger partial charge in [-0.05, 0) is 18.1 Å². The molecule has 0 bridgehead atoms. The van der Waals surface area contributed by atoms with Gasteiger partial charge in [0.15, 0.2) is 11.2 Å². The van der Waals surface area contributed by atoms with Crippen molar-refractivity contribution in [2.75, 3.05) is 7.11 Å². The molecular formula is C15H15ClN4O. The van der Waals surface area contributed by atoms with Crippen molar-refractivity contribution in [2.24, 2.45) is 0 Å². The Kier molecular flexibility index (Phi) is 3.75. The van der Waals surface area contributed by atoms with Crippen molar-refractivity contribution in [3.8, 4) is 5.88 Å². The van der Waals surface area contributed by atoms with Gasteiger partial charge in [-0.3, -0.25) is 0 Å². The SMILES string of the molecule is COc1ncnc2c1nc(CCl)n2Cc1ccccc1C. The van der Waals surface area contributed by atoms with E-state index >= 15 is 0 Å². The topological polar surface area (TPSA) is 52.8 Å². The minimum absolute atomic E-state index is 0.311. The molecule has 0 atom stereocenters. The van der Waals surface area contributed by atoms with E-state index in [4.69, 9.17) is 16.3 Å². The molecule has 0 amide bonds. The molecule has 0 saturated heterocycles. The van der Waals surface area contributed by atoms with Crippen molar-refractivity contribution < 1.29 is 4.74 Å². The van der Waals surface area contributed by atoms with E-state index < -0.39 is 0 Å². The third-order valence-electron chi connectivity index (χ3n) is 3.48. The number of methoxy groups -OCH3 is 1. The van der Waals surface area contributed by atoms with Crippen molar-refractivity contribution in [3.05, 3.63) is 47.5 Å². The van der Waals surface area contributed by atoms with E-state index in [0.29, 0.717) is 23.8 Å². The van der Waals surface area contributed by atoms with Crippen LogP contribution in [-0.4, -0.2) is 26.6 Å². The smallest absolute Gasteiger partial charge is 0.245 e. The van der Waals surface area contributed by atoms with Crippen LogP contribution in [0.3, 0.4) is 0 Å². The number of benzene rings is 1. The molecular weight excluding hydrogens is 288 g/mol. The van der Waals surface area contributed by atoms with Crippen LogP contribution in [0.1, 0.15) is 17.0 Å². The summed E-state index contributed by atoms with van der Waals surface area (Å²) in [5, 5.41) is 0. The van der Waals surface area contributed by atoms with Crippen LogP contribution < -0.4 is 4.74 Å². The van der Waals surface area contributed by atoms with Crippen LogP contribution in [0.2, 0.25) is 0 Å². The molecule has 2 aromatic heterocycles. The molecule has 21 heavy (non-hydrogen) atoms. The van der Waals surface area contributed by atoms with Crippen LogP contribution in [-0.2, 0) is 12.4 Å². The van der Waals surface area contributed by atoms with Gasteiger partial charge in [0.1, 0.15) is 12.2 Å². The third-order valence-corrected chi connectivity index (χ3v) is 3.72. The first-order valence-electron chi connectivity index (χ1n) is 6.59. The van der Waals surface area contributed by atoms with Crippen LogP contribution in [0.4, 0.5) is 0 Å². The Bertz CT molecular complexity index is 784. The van der Waals surface area contributed by atoms with Crippen molar-refractivity contribution in [3.63, 3.8) is 0 Å². The number of halogens is 1. The lowest BCUT2D eigenvalue weighted by Gasteiger charge is -2.09. The normalized spacial score (nSPS) is 11.0. The van der Waals surface area contributed by atoms with Crippen LogP contribution >= 0.6 is 11.6 Å². The number of hydrogen-bond donors (Lipinski definition) is 0. The summed E-state index contributed by atoms with van der Waals surface area (Å²) in [6.45, 7) is 2.76. The lowest BCUT2D eigenvalue weighted by molar-refractivity contribution is 0.401. The maximum atomic E-state index is 6.03. The van der Waals surface area contributed by atoms with Crippen LogP contribution in [0.25, 0.3) is 11.2 Å². The Hall–Kier alpha value is -2.14. The predicted octanol–water partition coefficient (Wildman–Crippen LogP) is 2.93. The number of aryl methyl sites for hydroxylation is 1. The van der Waals surface area contributed by atoms with Crippen LogP contribution in [0.5, 0.6) is 5.88 Å². The summed E-state index contributed by atoms with van der Waals surface area (Å²) in [5.74, 6) is 1.54. The van der Waals surface area contributed by atoms with E-state index in [-0.39, 0.29) is 0 Å². The largest absolute Gasteiger partial charge is 0.479 e. The molecule has 0 unspecified atom stereocenters. The molecule has 0 fully saturated rings. The second-order valence-corrected chi connectivity index (χ2v) is 5.00. The number of ether oxygens (including phenoxy) is 1. The maximum absolute atomic E-state index is 6.03. The van der Waals surface area contributed by atoms with Crippen LogP contribution in [0.15, 0.2) is 30.6 Å². The zero-order valence-corrected chi connectivity index (χ0v) is 12.6. The molecule has 1 aromatic carbocycles. The molecule has 0 saturated carbocycles. The molecule has 0 aliphatic heterocycles. The first-order valence-corrected chi connectivity index (χ1v) is 7.12. The molecule has 3 rings (SSSR count). The zero-order valence-electron chi connectivity index (χ0n) is 11.9. The first kappa shape index (κ1) is 13.8. The van der Waals surface area contributed by atoms with Crippen molar-refractivity contribution in [1.82, 2.24) is 19.5 Å². The summed E-state index contributed by atoms with van der Waals surface area (Å²) in [6, 6.07) is 8.23. The quantitative estimate of drug-likeness (QED) is 0.695. The Labute approximate surface area is 127 Å². The molecule has 6 heteroatoms. The van der Waals surface area contributed by atoms with Gasteiger partial charge in [-0.15, -0.1) is 11.6 Å². The number of imidazole rings is 1. The Morgan fingerprint density at radius 1 is 1.24 bits per heavy atom. The van der Waals surface area contributed by atoms with Gasteiger partial charge in [0.25, 0.3) is 0 Å². The fraction of sp³-hybridized carbons (Fsp3) is 0.267. The Balaban J connectivity index is 2.15. The molecule has 0 aliphatic carbocycles. The minimum atomic E-state index is 0.311. The highest BCUT2D eigenvalue weighted by molar-refractivity contribution is 6.16. The highest BCUT2D eigenvalue weighted by Crippen LogP contribution is 2.24. The molecule has 5 nitrogen and oxygen atoms in total. The number of rotatable bonds is 4. The van der Waals surface area contributed by atoms with Crippen LogP contribution in [0, 0.1) is 6.92 Å². The zero-order chi connectivity index (χ0) is 14.8. The molecule has 3 aromatic rings. The summed E-state index contributed by atoms with van der Waals surface area (Å²) in [6.07, 6.45) is 1.48. The molecule has 0 spiro atoms. The predicted molar refractivity (Wildman–Crippen MR) is 81.7 cm³/mol. The first-order chi connectivity index (χ1) is 10.2. The summed E-state index contributed by atoms with van der Waals surface area (Å²) < 4.78 is 7.25. The van der Waals surface area contributed by atoms with E-state index in [1.54, 1.807) is 7.11 Å². The third kappa shape index (κ3) is 2.45. The Morgan fingerprint density at radius 2 is 2.05 bits per heavy atom. The van der Waals surface area contributed by atoms with Gasteiger partial charge in [-0.2, -0.15) is 4.98 Å². The average Bonchev–Trinajstić information content (AvgIpc) is 2.87. The summed E-state index contributed by atoms with van der Waals surface area (Å²) in [5.41, 5.74) is 3.81. The van der Waals surface area contributed by atoms with E-state index in [9.17, 15) is 0 Å². The van der Waals surface area contributed by atoms with E-state index in [1.165, 1.54) is 17.5 Å². The van der Waals surface area contributed by atoms with E-state index in [2.05, 4.69) is 34.0 Å². The highest BCUT2D eigenvalue weighted by atomic mass is 35.5. The minimum Gasteiger partial charge on any atom is -0.479 e.